The highest BCUT2D eigenvalue weighted by molar-refractivity contribution is 7.89. The Labute approximate surface area is 162 Å². The minimum absolute atomic E-state index is 0.0229. The van der Waals surface area contributed by atoms with Gasteiger partial charge in [-0.2, -0.15) is 0 Å². The van der Waals surface area contributed by atoms with Gasteiger partial charge in [0.05, 0.1) is 15.9 Å². The van der Waals surface area contributed by atoms with E-state index < -0.39 is 10.0 Å². The van der Waals surface area contributed by atoms with E-state index in [2.05, 4.69) is 20.0 Å². The van der Waals surface area contributed by atoms with Crippen molar-refractivity contribution in [3.8, 4) is 0 Å². The first-order valence-electron chi connectivity index (χ1n) is 8.75. The Bertz CT molecular complexity index is 1190. The second-order valence-corrected chi connectivity index (χ2v) is 8.47. The molecule has 9 heteroatoms. The number of benzene rings is 2. The number of aromatic amines is 2. The van der Waals surface area contributed by atoms with E-state index in [-0.39, 0.29) is 29.5 Å². The summed E-state index contributed by atoms with van der Waals surface area (Å²) in [7, 11) is -3.71. The van der Waals surface area contributed by atoms with Crippen LogP contribution in [0.4, 0.5) is 5.69 Å². The highest BCUT2D eigenvalue weighted by Crippen LogP contribution is 2.21. The van der Waals surface area contributed by atoms with Gasteiger partial charge in [0.25, 0.3) is 0 Å². The van der Waals surface area contributed by atoms with Gasteiger partial charge in [0.1, 0.15) is 0 Å². The van der Waals surface area contributed by atoms with Gasteiger partial charge < -0.3 is 15.3 Å². The molecule has 8 nitrogen and oxygen atoms in total. The summed E-state index contributed by atoms with van der Waals surface area (Å²) in [6.45, 7) is 5.39. The Morgan fingerprint density at radius 1 is 1.00 bits per heavy atom. The topological polar surface area (TPSA) is 124 Å². The van der Waals surface area contributed by atoms with Gasteiger partial charge in [-0.15, -0.1) is 0 Å². The first-order valence-corrected chi connectivity index (χ1v) is 10.2. The first-order chi connectivity index (χ1) is 13.2. The number of H-pyrrole nitrogens is 2. The third-order valence-corrected chi connectivity index (χ3v) is 6.08. The zero-order chi connectivity index (χ0) is 20.5. The van der Waals surface area contributed by atoms with Crippen LogP contribution in [0.25, 0.3) is 11.0 Å². The van der Waals surface area contributed by atoms with Gasteiger partial charge in [-0.3, -0.25) is 4.79 Å². The molecule has 1 heterocycles. The number of fused-ring (bicyclic) bond motifs is 1. The molecule has 28 heavy (non-hydrogen) atoms. The molecule has 4 N–H and O–H groups in total. The van der Waals surface area contributed by atoms with Crippen molar-refractivity contribution >= 4 is 32.7 Å². The Morgan fingerprint density at radius 3 is 2.32 bits per heavy atom. The number of carbonyl (C=O) groups excluding carboxylic acids is 1. The molecule has 0 unspecified atom stereocenters. The molecule has 0 fully saturated rings. The van der Waals surface area contributed by atoms with Crippen LogP contribution in [0.15, 0.2) is 40.0 Å². The predicted molar refractivity (Wildman–Crippen MR) is 108 cm³/mol. The molecule has 148 valence electrons. The number of anilines is 1. The largest absolute Gasteiger partial charge is 0.326 e. The molecule has 0 aliphatic carbocycles. The summed E-state index contributed by atoms with van der Waals surface area (Å²) in [5.41, 5.74) is 3.74. The number of aryl methyl sites for hydroxylation is 3. The summed E-state index contributed by atoms with van der Waals surface area (Å²) < 4.78 is 27.7. The first kappa shape index (κ1) is 19.8. The van der Waals surface area contributed by atoms with Crippen LogP contribution < -0.4 is 15.7 Å². The lowest BCUT2D eigenvalue weighted by molar-refractivity contribution is -0.116. The van der Waals surface area contributed by atoms with Crippen molar-refractivity contribution in [2.24, 2.45) is 0 Å². The quantitative estimate of drug-likeness (QED) is 0.504. The molecule has 0 saturated carbocycles. The number of imidazole rings is 1. The third kappa shape index (κ3) is 4.32. The van der Waals surface area contributed by atoms with Crippen LogP contribution in [0.5, 0.6) is 0 Å². The SMILES string of the molecule is Cc1cc(C)c(S(=O)(=O)NCCC(=O)Nc2ccc3[nH]c(=O)[nH]c3c2)c(C)c1. The lowest BCUT2D eigenvalue weighted by Crippen LogP contribution is -2.29. The molecule has 2 aromatic carbocycles. The molecule has 1 aromatic heterocycles. The van der Waals surface area contributed by atoms with E-state index in [1.54, 1.807) is 32.0 Å². The standard InChI is InChI=1S/C19H22N4O4S/c1-11-8-12(2)18(13(3)9-11)28(26,27)20-7-6-17(24)21-14-4-5-15-16(10-14)23-19(25)22-15/h4-5,8-10,20H,6-7H2,1-3H3,(H,21,24)(H2,22,23,25). The van der Waals surface area contributed by atoms with Gasteiger partial charge in [-0.05, 0) is 50.1 Å². The second-order valence-electron chi connectivity index (χ2n) is 6.76. The number of amides is 1. The van der Waals surface area contributed by atoms with Crippen LogP contribution >= 0.6 is 0 Å². The predicted octanol–water partition coefficient (Wildman–Crippen LogP) is 2.09. The van der Waals surface area contributed by atoms with Crippen molar-refractivity contribution in [1.29, 1.82) is 0 Å². The number of aromatic nitrogens is 2. The van der Waals surface area contributed by atoms with Gasteiger partial charge in [-0.25, -0.2) is 17.9 Å². The summed E-state index contributed by atoms with van der Waals surface area (Å²) in [6.07, 6.45) is -0.0229. The average Bonchev–Trinajstić information content (AvgIpc) is 2.92. The van der Waals surface area contributed by atoms with E-state index in [9.17, 15) is 18.0 Å². The Balaban J connectivity index is 1.62. The molecule has 1 amide bonds. The molecule has 0 radical (unpaired) electrons. The van der Waals surface area contributed by atoms with Crippen LogP contribution in [0.2, 0.25) is 0 Å². The molecule has 0 spiro atoms. The van der Waals surface area contributed by atoms with E-state index in [1.165, 1.54) is 0 Å². The van der Waals surface area contributed by atoms with E-state index in [0.29, 0.717) is 27.8 Å². The Hall–Kier alpha value is -2.91. The number of rotatable bonds is 6. The average molecular weight is 402 g/mol. The summed E-state index contributed by atoms with van der Waals surface area (Å²) >= 11 is 0. The van der Waals surface area contributed by atoms with Gasteiger partial charge >= 0.3 is 5.69 Å². The second kappa shape index (κ2) is 7.61. The van der Waals surface area contributed by atoms with Crippen molar-refractivity contribution in [3.63, 3.8) is 0 Å². The molecule has 3 rings (SSSR count). The highest BCUT2D eigenvalue weighted by Gasteiger charge is 2.19. The fraction of sp³-hybridized carbons (Fsp3) is 0.263. The molecule has 0 bridgehead atoms. The monoisotopic (exact) mass is 402 g/mol. The summed E-state index contributed by atoms with van der Waals surface area (Å²) in [4.78, 5) is 28.9. The summed E-state index contributed by atoms with van der Waals surface area (Å²) in [5, 5.41) is 2.69. The van der Waals surface area contributed by atoms with Crippen molar-refractivity contribution in [2.45, 2.75) is 32.1 Å². The maximum absolute atomic E-state index is 12.6. The molecule has 0 aliphatic heterocycles. The van der Waals surface area contributed by atoms with Crippen LogP contribution in [-0.4, -0.2) is 30.8 Å². The Morgan fingerprint density at radius 2 is 1.64 bits per heavy atom. The van der Waals surface area contributed by atoms with Crippen LogP contribution in [0.3, 0.4) is 0 Å². The van der Waals surface area contributed by atoms with Gasteiger partial charge in [0.15, 0.2) is 0 Å². The van der Waals surface area contributed by atoms with Gasteiger partial charge in [0.2, 0.25) is 15.9 Å². The fourth-order valence-electron chi connectivity index (χ4n) is 3.30. The molecule has 3 aromatic rings. The summed E-state index contributed by atoms with van der Waals surface area (Å²) in [6, 6.07) is 8.60. The normalized spacial score (nSPS) is 11.7. The van der Waals surface area contributed by atoms with Crippen LogP contribution in [0.1, 0.15) is 23.1 Å². The maximum Gasteiger partial charge on any atom is 0.323 e. The van der Waals surface area contributed by atoms with Crippen LogP contribution in [-0.2, 0) is 14.8 Å². The van der Waals surface area contributed by atoms with Crippen molar-refractivity contribution in [3.05, 3.63) is 57.5 Å². The van der Waals surface area contributed by atoms with Gasteiger partial charge in [-0.1, -0.05) is 17.7 Å². The zero-order valence-electron chi connectivity index (χ0n) is 15.8. The number of nitrogens with one attached hydrogen (secondary N) is 4. The maximum atomic E-state index is 12.6. The minimum Gasteiger partial charge on any atom is -0.326 e. The lowest BCUT2D eigenvalue weighted by Gasteiger charge is -2.13. The van der Waals surface area contributed by atoms with E-state index >= 15 is 0 Å². The lowest BCUT2D eigenvalue weighted by atomic mass is 10.1. The van der Waals surface area contributed by atoms with Crippen molar-refractivity contribution < 1.29 is 13.2 Å². The number of sulfonamides is 1. The molecule has 0 atom stereocenters. The third-order valence-electron chi connectivity index (χ3n) is 4.32. The number of hydrogen-bond acceptors (Lipinski definition) is 4. The number of hydrogen-bond donors (Lipinski definition) is 4. The zero-order valence-corrected chi connectivity index (χ0v) is 16.7. The minimum atomic E-state index is -3.71. The van der Waals surface area contributed by atoms with E-state index in [0.717, 1.165) is 5.56 Å². The van der Waals surface area contributed by atoms with Crippen molar-refractivity contribution in [2.75, 3.05) is 11.9 Å². The number of carbonyl (C=O) groups is 1. The molecular formula is C19H22N4O4S. The smallest absolute Gasteiger partial charge is 0.323 e. The Kier molecular flexibility index (Phi) is 5.39. The van der Waals surface area contributed by atoms with Crippen molar-refractivity contribution in [1.82, 2.24) is 14.7 Å². The molecular weight excluding hydrogens is 380 g/mol. The van der Waals surface area contributed by atoms with E-state index in [4.69, 9.17) is 0 Å². The molecule has 0 aliphatic rings. The highest BCUT2D eigenvalue weighted by atomic mass is 32.2. The molecule has 0 saturated heterocycles. The van der Waals surface area contributed by atoms with Crippen LogP contribution in [0, 0.1) is 20.8 Å². The van der Waals surface area contributed by atoms with E-state index in [1.807, 2.05) is 19.1 Å². The van der Waals surface area contributed by atoms with Gasteiger partial charge in [0, 0.05) is 18.7 Å². The summed E-state index contributed by atoms with van der Waals surface area (Å²) in [5.74, 6) is -0.336. The fourth-order valence-corrected chi connectivity index (χ4v) is 4.78.